The van der Waals surface area contributed by atoms with E-state index >= 15 is 0 Å². The fourth-order valence-corrected chi connectivity index (χ4v) is 2.40. The summed E-state index contributed by atoms with van der Waals surface area (Å²) in [5, 5.41) is 8.73. The lowest BCUT2D eigenvalue weighted by molar-refractivity contribution is -0.116. The number of benzene rings is 2. The Kier molecular flexibility index (Phi) is 8.16. The van der Waals surface area contributed by atoms with Crippen molar-refractivity contribution in [1.29, 1.82) is 0 Å². The number of carbonyl (C=O) groups excluding carboxylic acids is 2. The SMILES string of the molecule is CCCOc1ccc(NC(=O)CNc2cccc(NC(=O)CCC)c2)cc1. The van der Waals surface area contributed by atoms with E-state index in [-0.39, 0.29) is 18.4 Å². The third-order valence-electron chi connectivity index (χ3n) is 3.69. The Bertz CT molecular complexity index is 745. The van der Waals surface area contributed by atoms with Gasteiger partial charge in [0.25, 0.3) is 0 Å². The van der Waals surface area contributed by atoms with Crippen LogP contribution in [0, 0.1) is 0 Å². The minimum Gasteiger partial charge on any atom is -0.494 e. The molecule has 0 aliphatic carbocycles. The van der Waals surface area contributed by atoms with Crippen LogP contribution < -0.4 is 20.7 Å². The second-order valence-electron chi connectivity index (χ2n) is 6.15. The molecule has 0 radical (unpaired) electrons. The van der Waals surface area contributed by atoms with Gasteiger partial charge in [-0.25, -0.2) is 0 Å². The van der Waals surface area contributed by atoms with Crippen molar-refractivity contribution < 1.29 is 14.3 Å². The third-order valence-corrected chi connectivity index (χ3v) is 3.69. The van der Waals surface area contributed by atoms with Crippen molar-refractivity contribution in [2.45, 2.75) is 33.1 Å². The summed E-state index contributed by atoms with van der Waals surface area (Å²) in [4.78, 5) is 23.8. The maximum absolute atomic E-state index is 12.1. The molecule has 0 saturated carbocycles. The molecule has 0 spiro atoms. The summed E-state index contributed by atoms with van der Waals surface area (Å²) in [5.74, 6) is 0.617. The van der Waals surface area contributed by atoms with Gasteiger partial charge in [0.1, 0.15) is 5.75 Å². The molecule has 0 aliphatic heterocycles. The number of nitrogens with one attached hydrogen (secondary N) is 3. The minimum absolute atomic E-state index is 0.0150. The smallest absolute Gasteiger partial charge is 0.243 e. The van der Waals surface area contributed by atoms with E-state index in [1.165, 1.54) is 0 Å². The zero-order chi connectivity index (χ0) is 19.5. The van der Waals surface area contributed by atoms with Gasteiger partial charge in [0.15, 0.2) is 0 Å². The van der Waals surface area contributed by atoms with Crippen LogP contribution in [0.1, 0.15) is 33.1 Å². The molecule has 0 aromatic heterocycles. The molecule has 3 N–H and O–H groups in total. The van der Waals surface area contributed by atoms with Crippen molar-refractivity contribution in [1.82, 2.24) is 0 Å². The van der Waals surface area contributed by atoms with Crippen LogP contribution in [0.3, 0.4) is 0 Å². The zero-order valence-electron chi connectivity index (χ0n) is 15.9. The average molecular weight is 369 g/mol. The first-order valence-electron chi connectivity index (χ1n) is 9.27. The number of hydrogen-bond donors (Lipinski definition) is 3. The summed E-state index contributed by atoms with van der Waals surface area (Å²) in [7, 11) is 0. The lowest BCUT2D eigenvalue weighted by Gasteiger charge is -2.10. The molecule has 144 valence electrons. The van der Waals surface area contributed by atoms with Crippen molar-refractivity contribution in [3.8, 4) is 5.75 Å². The minimum atomic E-state index is -0.155. The van der Waals surface area contributed by atoms with Crippen LogP contribution in [0.5, 0.6) is 5.75 Å². The van der Waals surface area contributed by atoms with Crippen LogP contribution in [-0.2, 0) is 9.59 Å². The highest BCUT2D eigenvalue weighted by Crippen LogP contribution is 2.17. The number of anilines is 3. The highest BCUT2D eigenvalue weighted by molar-refractivity contribution is 5.94. The van der Waals surface area contributed by atoms with Crippen molar-refractivity contribution >= 4 is 28.9 Å². The summed E-state index contributed by atoms with van der Waals surface area (Å²) < 4.78 is 5.52. The number of ether oxygens (including phenoxy) is 1. The van der Waals surface area contributed by atoms with Crippen LogP contribution in [-0.4, -0.2) is 25.0 Å². The van der Waals surface area contributed by atoms with Crippen molar-refractivity contribution in [3.63, 3.8) is 0 Å². The molecule has 2 aromatic carbocycles. The summed E-state index contributed by atoms with van der Waals surface area (Å²) in [6.45, 7) is 4.81. The van der Waals surface area contributed by atoms with Crippen LogP contribution in [0.2, 0.25) is 0 Å². The highest BCUT2D eigenvalue weighted by Gasteiger charge is 2.05. The Morgan fingerprint density at radius 2 is 1.56 bits per heavy atom. The predicted octanol–water partition coefficient (Wildman–Crippen LogP) is 4.26. The van der Waals surface area contributed by atoms with Gasteiger partial charge in [-0.1, -0.05) is 19.9 Å². The number of rotatable bonds is 10. The zero-order valence-corrected chi connectivity index (χ0v) is 15.9. The summed E-state index contributed by atoms with van der Waals surface area (Å²) in [6.07, 6.45) is 2.24. The molecule has 0 atom stereocenters. The fourth-order valence-electron chi connectivity index (χ4n) is 2.40. The van der Waals surface area contributed by atoms with Gasteiger partial charge in [-0.2, -0.15) is 0 Å². The second kappa shape index (κ2) is 10.9. The van der Waals surface area contributed by atoms with Gasteiger partial charge in [0, 0.05) is 23.5 Å². The third kappa shape index (κ3) is 7.40. The van der Waals surface area contributed by atoms with Gasteiger partial charge < -0.3 is 20.7 Å². The molecule has 0 bridgehead atoms. The molecule has 27 heavy (non-hydrogen) atoms. The normalized spacial score (nSPS) is 10.1. The molecule has 2 rings (SSSR count). The molecular formula is C21H27N3O3. The molecule has 0 heterocycles. The van der Waals surface area contributed by atoms with Gasteiger partial charge in [0.05, 0.1) is 13.2 Å². The highest BCUT2D eigenvalue weighted by atomic mass is 16.5. The maximum atomic E-state index is 12.1. The summed E-state index contributed by atoms with van der Waals surface area (Å²) in [5.41, 5.74) is 2.19. The van der Waals surface area contributed by atoms with E-state index in [2.05, 4.69) is 22.9 Å². The number of carbonyl (C=O) groups is 2. The molecule has 6 nitrogen and oxygen atoms in total. The molecule has 6 heteroatoms. The molecule has 0 fully saturated rings. The lowest BCUT2D eigenvalue weighted by Crippen LogP contribution is -2.21. The largest absolute Gasteiger partial charge is 0.494 e. The van der Waals surface area contributed by atoms with E-state index in [1.807, 2.05) is 49.4 Å². The Morgan fingerprint density at radius 3 is 2.26 bits per heavy atom. The average Bonchev–Trinajstić information content (AvgIpc) is 2.66. The predicted molar refractivity (Wildman–Crippen MR) is 109 cm³/mol. The Balaban J connectivity index is 1.82. The molecule has 2 amide bonds. The lowest BCUT2D eigenvalue weighted by atomic mass is 10.2. The van der Waals surface area contributed by atoms with E-state index in [1.54, 1.807) is 6.07 Å². The van der Waals surface area contributed by atoms with Gasteiger partial charge in [-0.3, -0.25) is 9.59 Å². The molecule has 0 aliphatic rings. The van der Waals surface area contributed by atoms with Crippen LogP contribution in [0.25, 0.3) is 0 Å². The van der Waals surface area contributed by atoms with Gasteiger partial charge in [0.2, 0.25) is 11.8 Å². The van der Waals surface area contributed by atoms with Crippen molar-refractivity contribution in [2.24, 2.45) is 0 Å². The quantitative estimate of drug-likeness (QED) is 0.584. The first kappa shape index (κ1) is 20.3. The van der Waals surface area contributed by atoms with Crippen LogP contribution in [0.15, 0.2) is 48.5 Å². The van der Waals surface area contributed by atoms with Gasteiger partial charge >= 0.3 is 0 Å². The molecular weight excluding hydrogens is 342 g/mol. The van der Waals surface area contributed by atoms with E-state index in [9.17, 15) is 9.59 Å². The van der Waals surface area contributed by atoms with Gasteiger partial charge in [-0.05, 0) is 55.3 Å². The molecule has 0 saturated heterocycles. The number of amides is 2. The number of hydrogen-bond acceptors (Lipinski definition) is 4. The van der Waals surface area contributed by atoms with Crippen molar-refractivity contribution in [2.75, 3.05) is 29.1 Å². The van der Waals surface area contributed by atoms with Crippen LogP contribution in [0.4, 0.5) is 17.1 Å². The summed E-state index contributed by atoms with van der Waals surface area (Å²) in [6, 6.07) is 14.6. The van der Waals surface area contributed by atoms with Crippen LogP contribution >= 0.6 is 0 Å². The van der Waals surface area contributed by atoms with E-state index in [0.717, 1.165) is 24.3 Å². The summed E-state index contributed by atoms with van der Waals surface area (Å²) >= 11 is 0. The Hall–Kier alpha value is -3.02. The topological polar surface area (TPSA) is 79.5 Å². The Labute approximate surface area is 160 Å². The Morgan fingerprint density at radius 1 is 0.852 bits per heavy atom. The monoisotopic (exact) mass is 369 g/mol. The van der Waals surface area contributed by atoms with E-state index < -0.39 is 0 Å². The fraction of sp³-hybridized carbons (Fsp3) is 0.333. The maximum Gasteiger partial charge on any atom is 0.243 e. The standard InChI is InChI=1S/C21H27N3O3/c1-3-6-20(25)24-18-8-5-7-17(14-18)22-15-21(26)23-16-9-11-19(12-10-16)27-13-4-2/h5,7-12,14,22H,3-4,6,13,15H2,1-2H3,(H,23,26)(H,24,25). The van der Waals surface area contributed by atoms with E-state index in [0.29, 0.717) is 24.4 Å². The first-order valence-corrected chi connectivity index (χ1v) is 9.27. The second-order valence-corrected chi connectivity index (χ2v) is 6.15. The van der Waals surface area contributed by atoms with E-state index in [4.69, 9.17) is 4.74 Å². The van der Waals surface area contributed by atoms with Gasteiger partial charge in [-0.15, -0.1) is 0 Å². The molecule has 0 unspecified atom stereocenters. The first-order chi connectivity index (χ1) is 13.1. The van der Waals surface area contributed by atoms with Crippen molar-refractivity contribution in [3.05, 3.63) is 48.5 Å². The molecule has 2 aromatic rings.